The summed E-state index contributed by atoms with van der Waals surface area (Å²) in [5, 5.41) is 2.76. The normalized spacial score (nSPS) is 21.8. The molecule has 1 amide bonds. The van der Waals surface area contributed by atoms with Gasteiger partial charge in [0.2, 0.25) is 6.54 Å². The zero-order valence-corrected chi connectivity index (χ0v) is 25.6. The molecule has 1 unspecified atom stereocenters. The SMILES string of the molecule is [C-]#[N+]CC1CN(c2nc(O[C@@H]3COC[C@@H]3N(C)C)nc3c2CCN(c2cccc4cccc(Cl)c24)C3)CCN1C(=O)C(=C)F. The van der Waals surface area contributed by atoms with Crippen molar-refractivity contribution in [3.8, 4) is 6.01 Å². The summed E-state index contributed by atoms with van der Waals surface area (Å²) in [6, 6.07) is 11.9. The molecule has 4 heterocycles. The summed E-state index contributed by atoms with van der Waals surface area (Å²) in [4.78, 5) is 33.8. The van der Waals surface area contributed by atoms with Gasteiger partial charge < -0.3 is 33.9 Å². The highest BCUT2D eigenvalue weighted by Crippen LogP contribution is 2.37. The van der Waals surface area contributed by atoms with Crippen molar-refractivity contribution in [2.45, 2.75) is 31.2 Å². The number of likely N-dealkylation sites (N-methyl/N-ethyl adjacent to an activating group) is 1. The number of hydrogen-bond acceptors (Lipinski definition) is 8. The Bertz CT molecular complexity index is 1620. The number of aromatic nitrogens is 2. The minimum absolute atomic E-state index is 0.0473. The van der Waals surface area contributed by atoms with E-state index in [1.807, 2.05) is 32.3 Å². The second-order valence-corrected chi connectivity index (χ2v) is 12.0. The van der Waals surface area contributed by atoms with Crippen LogP contribution >= 0.6 is 11.6 Å². The Balaban J connectivity index is 1.37. The number of amides is 1. The fourth-order valence-corrected chi connectivity index (χ4v) is 6.71. The van der Waals surface area contributed by atoms with Crippen molar-refractivity contribution in [1.29, 1.82) is 0 Å². The molecule has 1 aromatic heterocycles. The highest BCUT2D eigenvalue weighted by atomic mass is 35.5. The number of nitrogens with zero attached hydrogens (tertiary/aromatic N) is 7. The molecular weight excluding hydrogens is 585 g/mol. The van der Waals surface area contributed by atoms with Gasteiger partial charge in [-0.1, -0.05) is 42.4 Å². The zero-order chi connectivity index (χ0) is 31.0. The van der Waals surface area contributed by atoms with Crippen LogP contribution in [0, 0.1) is 6.57 Å². The lowest BCUT2D eigenvalue weighted by atomic mass is 10.0. The number of carbonyl (C=O) groups is 1. The van der Waals surface area contributed by atoms with Gasteiger partial charge in [0, 0.05) is 42.8 Å². The largest absolute Gasteiger partial charge is 0.456 e. The third kappa shape index (κ3) is 5.77. The lowest BCUT2D eigenvalue weighted by Gasteiger charge is -2.41. The van der Waals surface area contributed by atoms with Crippen LogP contribution in [0.2, 0.25) is 5.02 Å². The van der Waals surface area contributed by atoms with Gasteiger partial charge in [0.1, 0.15) is 18.0 Å². The standard InChI is InChI=1S/C32H35ClFN7O3/c1-20(34)31(42)41-14-13-40(16-22(41)15-35-2)30-23-11-12-39(26-10-6-8-21-7-5-9-24(33)29(21)26)17-25(23)36-32(37-30)44-28-19-43-18-27(28)38(3)4/h5-10,22,27-28H,1,11-19H2,3-4H3/t22?,27-,28+/m0/s1. The first kappa shape index (κ1) is 30.1. The molecule has 3 aliphatic heterocycles. The van der Waals surface area contributed by atoms with Crippen LogP contribution in [0.25, 0.3) is 15.6 Å². The Morgan fingerprint density at radius 3 is 2.73 bits per heavy atom. The van der Waals surface area contributed by atoms with E-state index in [1.54, 1.807) is 0 Å². The summed E-state index contributed by atoms with van der Waals surface area (Å²) < 4.78 is 26.0. The predicted molar refractivity (Wildman–Crippen MR) is 168 cm³/mol. The summed E-state index contributed by atoms with van der Waals surface area (Å²) in [5.41, 5.74) is 2.88. The van der Waals surface area contributed by atoms with E-state index in [-0.39, 0.29) is 31.2 Å². The van der Waals surface area contributed by atoms with Crippen LogP contribution in [0.5, 0.6) is 6.01 Å². The van der Waals surface area contributed by atoms with Crippen LogP contribution in [-0.4, -0.2) is 104 Å². The first-order chi connectivity index (χ1) is 21.2. The Morgan fingerprint density at radius 1 is 1.18 bits per heavy atom. The van der Waals surface area contributed by atoms with Gasteiger partial charge in [0.15, 0.2) is 5.83 Å². The Kier molecular flexibility index (Phi) is 8.58. The van der Waals surface area contributed by atoms with Crippen molar-refractivity contribution in [3.63, 3.8) is 0 Å². The number of rotatable bonds is 7. The number of ether oxygens (including phenoxy) is 2. The molecule has 10 nitrogen and oxygen atoms in total. The molecule has 3 aliphatic rings. The van der Waals surface area contributed by atoms with Crippen LogP contribution in [0.1, 0.15) is 11.3 Å². The van der Waals surface area contributed by atoms with Crippen molar-refractivity contribution in [1.82, 2.24) is 19.8 Å². The van der Waals surface area contributed by atoms with E-state index in [0.717, 1.165) is 40.1 Å². The number of hydrogen-bond donors (Lipinski definition) is 0. The van der Waals surface area contributed by atoms with Crippen LogP contribution in [-0.2, 0) is 22.5 Å². The van der Waals surface area contributed by atoms with Crippen LogP contribution in [0.4, 0.5) is 15.9 Å². The molecule has 2 aromatic carbocycles. The lowest BCUT2D eigenvalue weighted by Crippen LogP contribution is -2.57. The fraction of sp³-hybridized carbons (Fsp3) is 0.438. The lowest BCUT2D eigenvalue weighted by molar-refractivity contribution is -0.131. The third-order valence-electron chi connectivity index (χ3n) is 8.69. The molecule has 0 spiro atoms. The molecule has 0 bridgehead atoms. The van der Waals surface area contributed by atoms with Crippen molar-refractivity contribution in [2.75, 3.05) is 69.8 Å². The summed E-state index contributed by atoms with van der Waals surface area (Å²) >= 11 is 6.69. The van der Waals surface area contributed by atoms with E-state index in [2.05, 4.69) is 44.3 Å². The van der Waals surface area contributed by atoms with Gasteiger partial charge >= 0.3 is 6.01 Å². The molecule has 44 heavy (non-hydrogen) atoms. The smallest absolute Gasteiger partial charge is 0.319 e. The summed E-state index contributed by atoms with van der Waals surface area (Å²) in [7, 11) is 3.98. The monoisotopic (exact) mass is 619 g/mol. The molecule has 12 heteroatoms. The Hall–Kier alpha value is -3.98. The highest BCUT2D eigenvalue weighted by Gasteiger charge is 2.37. The van der Waals surface area contributed by atoms with Crippen molar-refractivity contribution < 1.29 is 18.7 Å². The molecule has 0 radical (unpaired) electrons. The molecule has 2 saturated heterocycles. The number of benzene rings is 2. The summed E-state index contributed by atoms with van der Waals surface area (Å²) in [6.45, 7) is 13.9. The maximum absolute atomic E-state index is 13.8. The molecular formula is C32H35ClFN7O3. The van der Waals surface area contributed by atoms with Gasteiger partial charge in [-0.05, 0) is 38.0 Å². The topological polar surface area (TPSA) is 78.6 Å². The molecule has 0 N–H and O–H groups in total. The van der Waals surface area contributed by atoms with Gasteiger partial charge in [-0.15, -0.1) is 0 Å². The van der Waals surface area contributed by atoms with Crippen molar-refractivity contribution >= 4 is 39.8 Å². The first-order valence-corrected chi connectivity index (χ1v) is 15.1. The zero-order valence-electron chi connectivity index (χ0n) is 24.9. The van der Waals surface area contributed by atoms with E-state index >= 15 is 0 Å². The molecule has 0 aliphatic carbocycles. The number of halogens is 2. The van der Waals surface area contributed by atoms with E-state index < -0.39 is 17.8 Å². The van der Waals surface area contributed by atoms with Gasteiger partial charge in [0.05, 0.1) is 36.5 Å². The Labute approximate surface area is 261 Å². The molecule has 230 valence electrons. The summed E-state index contributed by atoms with van der Waals surface area (Å²) in [5.74, 6) is -1.07. The van der Waals surface area contributed by atoms with E-state index in [4.69, 9.17) is 37.6 Å². The molecule has 0 saturated carbocycles. The molecule has 2 fully saturated rings. The third-order valence-corrected chi connectivity index (χ3v) is 9.01. The number of piperazine rings is 1. The summed E-state index contributed by atoms with van der Waals surface area (Å²) in [6.07, 6.45) is 0.430. The van der Waals surface area contributed by atoms with Gasteiger partial charge in [-0.2, -0.15) is 9.97 Å². The van der Waals surface area contributed by atoms with E-state index in [0.29, 0.717) is 44.3 Å². The average Bonchev–Trinajstić information content (AvgIpc) is 3.48. The highest BCUT2D eigenvalue weighted by molar-refractivity contribution is 6.36. The molecule has 3 atom stereocenters. The number of fused-ring (bicyclic) bond motifs is 2. The minimum atomic E-state index is -1.02. The second-order valence-electron chi connectivity index (χ2n) is 11.6. The average molecular weight is 620 g/mol. The maximum atomic E-state index is 13.8. The quantitative estimate of drug-likeness (QED) is 0.291. The number of carbonyl (C=O) groups excluding carboxylic acids is 1. The molecule has 3 aromatic rings. The number of anilines is 2. The minimum Gasteiger partial charge on any atom is -0.456 e. The van der Waals surface area contributed by atoms with Crippen LogP contribution in [0.15, 0.2) is 48.8 Å². The fourth-order valence-electron chi connectivity index (χ4n) is 6.43. The van der Waals surface area contributed by atoms with Gasteiger partial charge in [0.25, 0.3) is 5.91 Å². The van der Waals surface area contributed by atoms with E-state index in [1.165, 1.54) is 4.90 Å². The van der Waals surface area contributed by atoms with Crippen molar-refractivity contribution in [2.24, 2.45) is 0 Å². The first-order valence-electron chi connectivity index (χ1n) is 14.7. The maximum Gasteiger partial charge on any atom is 0.319 e. The van der Waals surface area contributed by atoms with Gasteiger partial charge in [-0.25, -0.2) is 11.0 Å². The predicted octanol–water partition coefficient (Wildman–Crippen LogP) is 3.97. The van der Waals surface area contributed by atoms with Crippen molar-refractivity contribution in [3.05, 3.63) is 76.5 Å². The second kappa shape index (κ2) is 12.6. The van der Waals surface area contributed by atoms with Gasteiger partial charge in [-0.3, -0.25) is 4.79 Å². The molecule has 6 rings (SSSR count). The van der Waals surface area contributed by atoms with E-state index in [9.17, 15) is 9.18 Å². The Morgan fingerprint density at radius 2 is 1.98 bits per heavy atom. The van der Waals surface area contributed by atoms with Crippen LogP contribution < -0.4 is 14.5 Å². The van der Waals surface area contributed by atoms with Crippen LogP contribution in [0.3, 0.4) is 0 Å².